The van der Waals surface area contributed by atoms with E-state index in [4.69, 9.17) is 0 Å². The largest absolute Gasteiger partial charge is 0.354 e. The molecule has 2 aromatic rings. The first-order chi connectivity index (χ1) is 13.5. The van der Waals surface area contributed by atoms with Crippen molar-refractivity contribution in [3.63, 3.8) is 0 Å². The molecule has 0 N–H and O–H groups in total. The molecule has 1 aliphatic heterocycles. The Balaban J connectivity index is 1.61. The van der Waals surface area contributed by atoms with E-state index in [1.165, 1.54) is 17.7 Å². The van der Waals surface area contributed by atoms with Crippen LogP contribution in [0.4, 0.5) is 10.2 Å². The molecule has 1 amide bonds. The summed E-state index contributed by atoms with van der Waals surface area (Å²) in [6, 6.07) is 6.52. The van der Waals surface area contributed by atoms with Gasteiger partial charge in [-0.2, -0.15) is 0 Å². The lowest BCUT2D eigenvalue weighted by Crippen LogP contribution is -2.46. The molecule has 2 aliphatic rings. The summed E-state index contributed by atoms with van der Waals surface area (Å²) in [7, 11) is 0. The van der Waals surface area contributed by atoms with Crippen molar-refractivity contribution in [2.45, 2.75) is 52.1 Å². The fourth-order valence-corrected chi connectivity index (χ4v) is 4.34. The van der Waals surface area contributed by atoms with Gasteiger partial charge < -0.3 is 9.80 Å². The Labute approximate surface area is 165 Å². The molecule has 28 heavy (non-hydrogen) atoms. The lowest BCUT2D eigenvalue weighted by molar-refractivity contribution is -0.134. The van der Waals surface area contributed by atoms with Crippen LogP contribution < -0.4 is 4.90 Å². The Morgan fingerprint density at radius 3 is 2.68 bits per heavy atom. The standard InChI is InChI=1S/C22H27FN4O/c1-15(2)20-13-26(22-18-4-3-5-19(18)24-14-25-22)11-10-21(28)27(20)12-16-6-8-17(23)9-7-16/h6-9,14-15,20H,3-5,10-13H2,1-2H3. The van der Waals surface area contributed by atoms with Crippen LogP contribution in [-0.4, -0.2) is 39.9 Å². The van der Waals surface area contributed by atoms with Crippen molar-refractivity contribution in [3.05, 3.63) is 53.2 Å². The van der Waals surface area contributed by atoms with Crippen LogP contribution in [0.5, 0.6) is 0 Å². The van der Waals surface area contributed by atoms with Gasteiger partial charge in [0.15, 0.2) is 0 Å². The van der Waals surface area contributed by atoms with Gasteiger partial charge in [0, 0.05) is 37.3 Å². The lowest BCUT2D eigenvalue weighted by Gasteiger charge is -2.35. The number of fused-ring (bicyclic) bond motifs is 1. The summed E-state index contributed by atoms with van der Waals surface area (Å²) < 4.78 is 13.3. The number of halogens is 1. The topological polar surface area (TPSA) is 49.3 Å². The Morgan fingerprint density at radius 2 is 1.93 bits per heavy atom. The predicted molar refractivity (Wildman–Crippen MR) is 106 cm³/mol. The SMILES string of the molecule is CC(C)C1CN(c2ncnc3c2CCC3)CCC(=O)N1Cc1ccc(F)cc1. The Kier molecular flexibility index (Phi) is 5.29. The first kappa shape index (κ1) is 18.8. The van der Waals surface area contributed by atoms with E-state index in [0.717, 1.165) is 42.9 Å². The maximum absolute atomic E-state index is 13.3. The molecule has 0 radical (unpaired) electrons. The molecule has 0 bridgehead atoms. The average Bonchev–Trinajstić information content (AvgIpc) is 3.10. The van der Waals surface area contributed by atoms with Crippen molar-refractivity contribution in [1.29, 1.82) is 0 Å². The van der Waals surface area contributed by atoms with Gasteiger partial charge >= 0.3 is 0 Å². The summed E-state index contributed by atoms with van der Waals surface area (Å²) in [5.41, 5.74) is 3.37. The number of anilines is 1. The second-order valence-corrected chi connectivity index (χ2v) is 8.13. The van der Waals surface area contributed by atoms with Gasteiger partial charge in [-0.3, -0.25) is 4.79 Å². The van der Waals surface area contributed by atoms with Crippen LogP contribution in [0.3, 0.4) is 0 Å². The molecule has 2 heterocycles. The van der Waals surface area contributed by atoms with E-state index in [9.17, 15) is 9.18 Å². The number of hydrogen-bond acceptors (Lipinski definition) is 4. The molecule has 4 rings (SSSR count). The summed E-state index contributed by atoms with van der Waals surface area (Å²) in [5, 5.41) is 0. The molecular weight excluding hydrogens is 355 g/mol. The second-order valence-electron chi connectivity index (χ2n) is 8.13. The number of hydrogen-bond donors (Lipinski definition) is 0. The smallest absolute Gasteiger partial charge is 0.224 e. The van der Waals surface area contributed by atoms with Crippen LogP contribution in [0.15, 0.2) is 30.6 Å². The summed E-state index contributed by atoms with van der Waals surface area (Å²) in [4.78, 5) is 26.3. The van der Waals surface area contributed by atoms with Gasteiger partial charge in [0.1, 0.15) is 18.0 Å². The Morgan fingerprint density at radius 1 is 1.14 bits per heavy atom. The monoisotopic (exact) mass is 382 g/mol. The average molecular weight is 382 g/mol. The fraction of sp³-hybridized carbons (Fsp3) is 0.500. The molecule has 1 fully saturated rings. The summed E-state index contributed by atoms with van der Waals surface area (Å²) in [6.07, 6.45) is 5.28. The van der Waals surface area contributed by atoms with Gasteiger partial charge in [-0.05, 0) is 42.9 Å². The number of rotatable bonds is 4. The highest BCUT2D eigenvalue weighted by atomic mass is 19.1. The Bertz CT molecular complexity index is 852. The van der Waals surface area contributed by atoms with Crippen LogP contribution in [0, 0.1) is 11.7 Å². The maximum Gasteiger partial charge on any atom is 0.224 e. The van der Waals surface area contributed by atoms with Crippen molar-refractivity contribution in [2.24, 2.45) is 5.92 Å². The third kappa shape index (κ3) is 3.73. The number of carbonyl (C=O) groups is 1. The van der Waals surface area contributed by atoms with E-state index < -0.39 is 0 Å². The molecule has 1 unspecified atom stereocenters. The van der Waals surface area contributed by atoms with Gasteiger partial charge in [-0.15, -0.1) is 0 Å². The van der Waals surface area contributed by atoms with Crippen LogP contribution in [-0.2, 0) is 24.2 Å². The summed E-state index contributed by atoms with van der Waals surface area (Å²) in [5.74, 6) is 1.20. The highest BCUT2D eigenvalue weighted by molar-refractivity contribution is 5.78. The van der Waals surface area contributed by atoms with Gasteiger partial charge in [-0.1, -0.05) is 26.0 Å². The normalized spacial score (nSPS) is 19.9. The number of aromatic nitrogens is 2. The summed E-state index contributed by atoms with van der Waals surface area (Å²) >= 11 is 0. The van der Waals surface area contributed by atoms with Crippen LogP contribution >= 0.6 is 0 Å². The Hall–Kier alpha value is -2.50. The molecule has 0 spiro atoms. The molecule has 6 heteroatoms. The van der Waals surface area contributed by atoms with E-state index in [1.807, 2.05) is 4.90 Å². The quantitative estimate of drug-likeness (QED) is 0.814. The molecule has 0 saturated carbocycles. The van der Waals surface area contributed by atoms with Crippen LogP contribution in [0.2, 0.25) is 0 Å². The van der Waals surface area contributed by atoms with E-state index in [1.54, 1.807) is 18.5 Å². The molecule has 1 aliphatic carbocycles. The minimum atomic E-state index is -0.254. The van der Waals surface area contributed by atoms with Gasteiger partial charge in [0.25, 0.3) is 0 Å². The summed E-state index contributed by atoms with van der Waals surface area (Å²) in [6.45, 7) is 6.25. The number of carbonyl (C=O) groups excluding carboxylic acids is 1. The third-order valence-corrected chi connectivity index (χ3v) is 5.91. The maximum atomic E-state index is 13.3. The van der Waals surface area contributed by atoms with Crippen molar-refractivity contribution in [3.8, 4) is 0 Å². The number of nitrogens with zero attached hydrogens (tertiary/aromatic N) is 4. The zero-order valence-electron chi connectivity index (χ0n) is 16.6. The third-order valence-electron chi connectivity index (χ3n) is 5.91. The number of aryl methyl sites for hydroxylation is 1. The zero-order valence-corrected chi connectivity index (χ0v) is 16.6. The molecule has 1 aromatic carbocycles. The number of amides is 1. The highest BCUT2D eigenvalue weighted by Crippen LogP contribution is 2.30. The van der Waals surface area contributed by atoms with E-state index in [2.05, 4.69) is 28.7 Å². The van der Waals surface area contributed by atoms with Crippen LogP contribution in [0.1, 0.15) is 43.5 Å². The molecule has 1 atom stereocenters. The second kappa shape index (κ2) is 7.86. The minimum absolute atomic E-state index is 0.0760. The van der Waals surface area contributed by atoms with E-state index in [0.29, 0.717) is 25.4 Å². The predicted octanol–water partition coefficient (Wildman–Crippen LogP) is 3.37. The minimum Gasteiger partial charge on any atom is -0.354 e. The van der Waals surface area contributed by atoms with Crippen molar-refractivity contribution in [2.75, 3.05) is 18.0 Å². The first-order valence-corrected chi connectivity index (χ1v) is 10.1. The molecule has 1 saturated heterocycles. The molecule has 1 aromatic heterocycles. The lowest BCUT2D eigenvalue weighted by atomic mass is 10.0. The first-order valence-electron chi connectivity index (χ1n) is 10.1. The van der Waals surface area contributed by atoms with E-state index in [-0.39, 0.29) is 17.8 Å². The number of benzene rings is 1. The van der Waals surface area contributed by atoms with Crippen molar-refractivity contribution >= 4 is 11.7 Å². The van der Waals surface area contributed by atoms with Crippen LogP contribution in [0.25, 0.3) is 0 Å². The van der Waals surface area contributed by atoms with Gasteiger partial charge in [0.2, 0.25) is 5.91 Å². The van der Waals surface area contributed by atoms with Crippen molar-refractivity contribution < 1.29 is 9.18 Å². The highest BCUT2D eigenvalue weighted by Gasteiger charge is 2.33. The molecule has 148 valence electrons. The fourth-order valence-electron chi connectivity index (χ4n) is 4.34. The van der Waals surface area contributed by atoms with Crippen molar-refractivity contribution in [1.82, 2.24) is 14.9 Å². The zero-order chi connectivity index (χ0) is 19.7. The molecule has 5 nitrogen and oxygen atoms in total. The van der Waals surface area contributed by atoms with Gasteiger partial charge in [0.05, 0.1) is 6.04 Å². The van der Waals surface area contributed by atoms with E-state index >= 15 is 0 Å². The molecular formula is C22H27FN4O. The van der Waals surface area contributed by atoms with Gasteiger partial charge in [-0.25, -0.2) is 14.4 Å².